The Morgan fingerprint density at radius 2 is 1.91 bits per heavy atom. The van der Waals surface area contributed by atoms with Gasteiger partial charge in [-0.1, -0.05) is 20.8 Å². The molecule has 11 heavy (non-hydrogen) atoms. The molecule has 1 saturated carbocycles. The van der Waals surface area contributed by atoms with Crippen LogP contribution in [0.5, 0.6) is 0 Å². The van der Waals surface area contributed by atoms with Crippen LogP contribution in [0.3, 0.4) is 0 Å². The van der Waals surface area contributed by atoms with Crippen molar-refractivity contribution in [1.82, 2.24) is 0 Å². The summed E-state index contributed by atoms with van der Waals surface area (Å²) in [5.41, 5.74) is 6.14. The van der Waals surface area contributed by atoms with Gasteiger partial charge in [-0.3, -0.25) is 0 Å². The maximum absolute atomic E-state index is 9.22. The van der Waals surface area contributed by atoms with Gasteiger partial charge in [-0.05, 0) is 30.2 Å². The van der Waals surface area contributed by atoms with Crippen LogP contribution in [0.4, 0.5) is 0 Å². The van der Waals surface area contributed by atoms with Gasteiger partial charge in [0.15, 0.2) is 0 Å². The van der Waals surface area contributed by atoms with E-state index < -0.39 is 0 Å². The van der Waals surface area contributed by atoms with Crippen LogP contribution in [-0.2, 0) is 0 Å². The molecule has 1 aliphatic rings. The number of hydrogen-bond donors (Lipinski definition) is 2. The molecule has 0 bridgehead atoms. The molecule has 3 N–H and O–H groups in total. The van der Waals surface area contributed by atoms with Crippen LogP contribution in [0.25, 0.3) is 0 Å². The maximum atomic E-state index is 9.22. The number of aliphatic hydroxyl groups excluding tert-OH is 1. The Morgan fingerprint density at radius 3 is 2.00 bits per heavy atom. The summed E-state index contributed by atoms with van der Waals surface area (Å²) >= 11 is 0. The fourth-order valence-electron chi connectivity index (χ4n) is 1.93. The van der Waals surface area contributed by atoms with Crippen molar-refractivity contribution in [1.29, 1.82) is 0 Å². The van der Waals surface area contributed by atoms with Crippen LogP contribution >= 0.6 is 0 Å². The molecule has 0 radical (unpaired) electrons. The second-order valence-electron chi connectivity index (χ2n) is 4.80. The van der Waals surface area contributed by atoms with Crippen molar-refractivity contribution in [3.05, 3.63) is 0 Å². The van der Waals surface area contributed by atoms with E-state index in [-0.39, 0.29) is 16.9 Å². The molecule has 0 unspecified atom stereocenters. The minimum absolute atomic E-state index is 0.0993. The van der Waals surface area contributed by atoms with Crippen LogP contribution in [0.2, 0.25) is 0 Å². The molecular weight excluding hydrogens is 138 g/mol. The van der Waals surface area contributed by atoms with E-state index in [0.29, 0.717) is 6.54 Å². The summed E-state index contributed by atoms with van der Waals surface area (Å²) in [6.07, 6.45) is 1.66. The first-order chi connectivity index (χ1) is 4.91. The highest BCUT2D eigenvalue weighted by Crippen LogP contribution is 2.52. The summed E-state index contributed by atoms with van der Waals surface area (Å²) in [6, 6.07) is 0. The first-order valence-corrected chi connectivity index (χ1v) is 4.29. The van der Waals surface area contributed by atoms with Gasteiger partial charge < -0.3 is 10.8 Å². The summed E-state index contributed by atoms with van der Waals surface area (Å²) in [5.74, 6) is 0. The third-order valence-electron chi connectivity index (χ3n) is 3.23. The van der Waals surface area contributed by atoms with E-state index in [2.05, 4.69) is 20.8 Å². The Balaban J connectivity index is 2.65. The van der Waals surface area contributed by atoms with Crippen molar-refractivity contribution in [2.75, 3.05) is 6.54 Å². The average molecular weight is 157 g/mol. The number of aliphatic hydroxyl groups is 1. The van der Waals surface area contributed by atoms with Crippen LogP contribution in [0.1, 0.15) is 33.6 Å². The number of hydrogen-bond acceptors (Lipinski definition) is 2. The van der Waals surface area contributed by atoms with Crippen LogP contribution in [-0.4, -0.2) is 17.8 Å². The van der Waals surface area contributed by atoms with E-state index >= 15 is 0 Å². The van der Waals surface area contributed by atoms with Crippen molar-refractivity contribution in [3.8, 4) is 0 Å². The van der Waals surface area contributed by atoms with E-state index in [1.807, 2.05) is 0 Å². The molecule has 1 rings (SSSR count). The second kappa shape index (κ2) is 2.46. The standard InChI is InChI=1S/C9H19NO/c1-8(2,3)9(6-10)4-7(11)5-9/h7,11H,4-6,10H2,1-3H3. The Kier molecular flexibility index (Phi) is 2.01. The molecule has 0 aromatic heterocycles. The third kappa shape index (κ3) is 1.30. The molecule has 0 saturated heterocycles. The minimum atomic E-state index is -0.0993. The molecule has 0 amide bonds. The van der Waals surface area contributed by atoms with Gasteiger partial charge in [0, 0.05) is 0 Å². The lowest BCUT2D eigenvalue weighted by molar-refractivity contribution is -0.0924. The van der Waals surface area contributed by atoms with E-state index in [1.54, 1.807) is 0 Å². The molecule has 1 fully saturated rings. The molecule has 2 heteroatoms. The van der Waals surface area contributed by atoms with Gasteiger partial charge >= 0.3 is 0 Å². The van der Waals surface area contributed by atoms with Crippen molar-refractivity contribution < 1.29 is 5.11 Å². The maximum Gasteiger partial charge on any atom is 0.0552 e. The van der Waals surface area contributed by atoms with E-state index in [4.69, 9.17) is 5.73 Å². The molecule has 0 spiro atoms. The number of nitrogens with two attached hydrogens (primary N) is 1. The van der Waals surface area contributed by atoms with Gasteiger partial charge in [0.25, 0.3) is 0 Å². The molecule has 66 valence electrons. The van der Waals surface area contributed by atoms with Crippen molar-refractivity contribution in [2.45, 2.75) is 39.7 Å². The number of rotatable bonds is 1. The van der Waals surface area contributed by atoms with Crippen molar-refractivity contribution in [2.24, 2.45) is 16.6 Å². The zero-order chi connectivity index (χ0) is 8.70. The average Bonchev–Trinajstić information content (AvgIpc) is 1.77. The van der Waals surface area contributed by atoms with Gasteiger partial charge in [0.05, 0.1) is 6.10 Å². The van der Waals surface area contributed by atoms with Gasteiger partial charge in [0.1, 0.15) is 0 Å². The molecule has 0 atom stereocenters. The largest absolute Gasteiger partial charge is 0.393 e. The smallest absolute Gasteiger partial charge is 0.0552 e. The normalized spacial score (nSPS) is 38.5. The Labute approximate surface area is 68.8 Å². The van der Waals surface area contributed by atoms with Gasteiger partial charge in [0.2, 0.25) is 0 Å². The van der Waals surface area contributed by atoms with E-state index in [0.717, 1.165) is 12.8 Å². The highest BCUT2D eigenvalue weighted by molar-refractivity contribution is 5.01. The Bertz CT molecular complexity index is 142. The summed E-state index contributed by atoms with van der Waals surface area (Å²) < 4.78 is 0. The first-order valence-electron chi connectivity index (χ1n) is 4.29. The Morgan fingerprint density at radius 1 is 1.45 bits per heavy atom. The minimum Gasteiger partial charge on any atom is -0.393 e. The molecule has 0 aromatic rings. The van der Waals surface area contributed by atoms with E-state index in [1.165, 1.54) is 0 Å². The fourth-order valence-corrected chi connectivity index (χ4v) is 1.93. The molecule has 0 aromatic carbocycles. The monoisotopic (exact) mass is 157 g/mol. The molecule has 2 nitrogen and oxygen atoms in total. The first kappa shape index (κ1) is 9.01. The van der Waals surface area contributed by atoms with Gasteiger partial charge in [-0.2, -0.15) is 0 Å². The molecular formula is C9H19NO. The Hall–Kier alpha value is -0.0800. The third-order valence-corrected chi connectivity index (χ3v) is 3.23. The van der Waals surface area contributed by atoms with Crippen LogP contribution < -0.4 is 5.73 Å². The lowest BCUT2D eigenvalue weighted by Gasteiger charge is -2.53. The van der Waals surface area contributed by atoms with E-state index in [9.17, 15) is 5.11 Å². The second-order valence-corrected chi connectivity index (χ2v) is 4.80. The molecule has 0 aliphatic heterocycles. The SMILES string of the molecule is CC(C)(C)C1(CN)CC(O)C1. The quantitative estimate of drug-likeness (QED) is 0.599. The van der Waals surface area contributed by atoms with Crippen LogP contribution in [0, 0.1) is 10.8 Å². The summed E-state index contributed by atoms with van der Waals surface area (Å²) in [4.78, 5) is 0. The summed E-state index contributed by atoms with van der Waals surface area (Å²) in [7, 11) is 0. The molecule has 0 heterocycles. The van der Waals surface area contributed by atoms with Crippen molar-refractivity contribution in [3.63, 3.8) is 0 Å². The van der Waals surface area contributed by atoms with Crippen LogP contribution in [0.15, 0.2) is 0 Å². The highest BCUT2D eigenvalue weighted by Gasteiger charge is 2.50. The summed E-state index contributed by atoms with van der Waals surface area (Å²) in [6.45, 7) is 7.30. The highest BCUT2D eigenvalue weighted by atomic mass is 16.3. The fraction of sp³-hybridized carbons (Fsp3) is 1.00. The predicted molar refractivity (Wildman–Crippen MR) is 46.2 cm³/mol. The lowest BCUT2D eigenvalue weighted by Crippen LogP contribution is -2.54. The van der Waals surface area contributed by atoms with Crippen molar-refractivity contribution >= 4 is 0 Å². The lowest BCUT2D eigenvalue weighted by atomic mass is 9.54. The van der Waals surface area contributed by atoms with Gasteiger partial charge in [-0.15, -0.1) is 0 Å². The molecule has 1 aliphatic carbocycles. The van der Waals surface area contributed by atoms with Gasteiger partial charge in [-0.25, -0.2) is 0 Å². The summed E-state index contributed by atoms with van der Waals surface area (Å²) in [5, 5.41) is 9.22. The zero-order valence-electron chi connectivity index (χ0n) is 7.72. The predicted octanol–water partition coefficient (Wildman–Crippen LogP) is 1.13. The zero-order valence-corrected chi connectivity index (χ0v) is 7.72. The topological polar surface area (TPSA) is 46.2 Å².